The first-order valence-electron chi connectivity index (χ1n) is 11.9. The van der Waals surface area contributed by atoms with Gasteiger partial charge in [-0.1, -0.05) is 18.2 Å². The zero-order valence-corrected chi connectivity index (χ0v) is 21.4. The van der Waals surface area contributed by atoms with Gasteiger partial charge in [-0.25, -0.2) is 15.1 Å². The summed E-state index contributed by atoms with van der Waals surface area (Å²) in [6, 6.07) is 15.4. The maximum absolute atomic E-state index is 12.9. The number of halogens is 3. The number of amides is 3. The van der Waals surface area contributed by atoms with E-state index in [1.807, 2.05) is 42.6 Å². The van der Waals surface area contributed by atoms with Gasteiger partial charge in [-0.2, -0.15) is 13.2 Å². The van der Waals surface area contributed by atoms with Crippen LogP contribution in [0.5, 0.6) is 5.75 Å². The lowest BCUT2D eigenvalue weighted by molar-refractivity contribution is -0.192. The summed E-state index contributed by atoms with van der Waals surface area (Å²) in [6.45, 7) is 2.60. The largest absolute Gasteiger partial charge is 0.490 e. The summed E-state index contributed by atoms with van der Waals surface area (Å²) in [5, 5.41) is 28.0. The van der Waals surface area contributed by atoms with Crippen molar-refractivity contribution in [3.05, 3.63) is 65.9 Å². The number of alkyl halides is 3. The van der Waals surface area contributed by atoms with Crippen LogP contribution < -0.4 is 20.4 Å². The number of aliphatic carboxylic acids is 1. The van der Waals surface area contributed by atoms with E-state index in [0.29, 0.717) is 24.6 Å². The Hall–Kier alpha value is -4.92. The third kappa shape index (κ3) is 7.82. The lowest BCUT2D eigenvalue weighted by atomic mass is 9.97. The summed E-state index contributed by atoms with van der Waals surface area (Å²) in [4.78, 5) is 50.7. The van der Waals surface area contributed by atoms with Crippen LogP contribution in [0.15, 0.2) is 54.6 Å². The third-order valence-corrected chi connectivity index (χ3v) is 6.04. The third-order valence-electron chi connectivity index (χ3n) is 6.04. The number of hydrogen-bond acceptors (Lipinski definition) is 7. The minimum Gasteiger partial charge on any atom is -0.489 e. The van der Waals surface area contributed by atoms with E-state index in [-0.39, 0.29) is 6.42 Å². The van der Waals surface area contributed by atoms with Gasteiger partial charge in [0.05, 0.1) is 11.4 Å². The summed E-state index contributed by atoms with van der Waals surface area (Å²) < 4.78 is 37.7. The van der Waals surface area contributed by atoms with Crippen molar-refractivity contribution in [2.75, 3.05) is 11.4 Å². The molecule has 1 saturated heterocycles. The number of carboxylic acids is 1. The van der Waals surface area contributed by atoms with Crippen LogP contribution in [0.2, 0.25) is 0 Å². The molecule has 4 rings (SSSR count). The number of hydroxylamine groups is 1. The molecule has 15 heteroatoms. The molecule has 0 radical (unpaired) electrons. The van der Waals surface area contributed by atoms with E-state index in [1.54, 1.807) is 24.3 Å². The molecular formula is C26H25F3N4O8. The van der Waals surface area contributed by atoms with Gasteiger partial charge in [0.25, 0.3) is 5.91 Å². The molecular weight excluding hydrogens is 553 g/mol. The molecule has 0 spiro atoms. The zero-order valence-electron chi connectivity index (χ0n) is 21.4. The lowest BCUT2D eigenvalue weighted by Crippen LogP contribution is -2.52. The number of carbonyl (C=O) groups excluding carboxylic acids is 2. The van der Waals surface area contributed by atoms with Gasteiger partial charge in [-0.15, -0.1) is 0 Å². The van der Waals surface area contributed by atoms with Gasteiger partial charge in [0.15, 0.2) is 0 Å². The summed E-state index contributed by atoms with van der Waals surface area (Å²) in [7, 11) is 0. The minimum atomic E-state index is -5.08. The molecule has 2 aromatic carbocycles. The number of aryl methyl sites for hydroxylation is 1. The van der Waals surface area contributed by atoms with Crippen molar-refractivity contribution in [2.45, 2.75) is 32.2 Å². The van der Waals surface area contributed by atoms with E-state index < -0.39 is 42.0 Å². The number of benzene rings is 2. The highest BCUT2D eigenvalue weighted by molar-refractivity contribution is 6.01. The minimum absolute atomic E-state index is 0.254. The van der Waals surface area contributed by atoms with E-state index in [2.05, 4.69) is 4.98 Å². The van der Waals surface area contributed by atoms with Gasteiger partial charge < -0.3 is 25.2 Å². The molecule has 1 aliphatic heterocycles. The van der Waals surface area contributed by atoms with Gasteiger partial charge in [0, 0.05) is 28.9 Å². The highest BCUT2D eigenvalue weighted by atomic mass is 19.4. The fourth-order valence-electron chi connectivity index (χ4n) is 4.22. The van der Waals surface area contributed by atoms with Crippen molar-refractivity contribution < 1.29 is 52.5 Å². The van der Waals surface area contributed by atoms with Crippen molar-refractivity contribution in [1.82, 2.24) is 15.8 Å². The maximum Gasteiger partial charge on any atom is 0.490 e. The number of hydrogen-bond donors (Lipinski definition) is 5. The van der Waals surface area contributed by atoms with Crippen molar-refractivity contribution in [3.63, 3.8) is 0 Å². The quantitative estimate of drug-likeness (QED) is 0.208. The van der Waals surface area contributed by atoms with Gasteiger partial charge in [0.2, 0.25) is 5.91 Å². The lowest BCUT2D eigenvalue weighted by Gasteiger charge is -2.21. The number of aromatic nitrogens is 1. The Morgan fingerprint density at radius 2 is 1.76 bits per heavy atom. The predicted octanol–water partition coefficient (Wildman–Crippen LogP) is 3.25. The molecule has 0 bridgehead atoms. The van der Waals surface area contributed by atoms with Crippen molar-refractivity contribution >= 4 is 40.5 Å². The zero-order chi connectivity index (χ0) is 30.3. The second kappa shape index (κ2) is 13.0. The fraction of sp³-hybridized carbons (Fsp3) is 0.269. The first-order valence-corrected chi connectivity index (χ1v) is 11.9. The molecule has 1 aromatic heterocycles. The number of rotatable bonds is 7. The average molecular weight is 579 g/mol. The Morgan fingerprint density at radius 3 is 2.34 bits per heavy atom. The molecule has 0 saturated carbocycles. The SMILES string of the molecule is Cc1cc(COc2ccc(N3CC[C@H]([C@H](NC(=O)O)C(=O)NO)C3=O)cc2)c2ccccc2n1.O=C(O)C(F)(F)F. The van der Waals surface area contributed by atoms with Crippen molar-refractivity contribution in [1.29, 1.82) is 0 Å². The van der Waals surface area contributed by atoms with Gasteiger partial charge in [-0.05, 0) is 49.7 Å². The number of para-hydroxylation sites is 1. The Labute approximate surface area is 230 Å². The Balaban J connectivity index is 0.000000587. The molecule has 2 atom stereocenters. The van der Waals surface area contributed by atoms with E-state index in [9.17, 15) is 27.6 Å². The maximum atomic E-state index is 12.9. The number of ether oxygens (including phenoxy) is 1. The van der Waals surface area contributed by atoms with E-state index in [1.165, 1.54) is 10.4 Å². The molecule has 41 heavy (non-hydrogen) atoms. The van der Waals surface area contributed by atoms with Gasteiger partial charge in [0.1, 0.15) is 18.4 Å². The number of fused-ring (bicyclic) bond motifs is 1. The van der Waals surface area contributed by atoms with Crippen LogP contribution in [0.4, 0.5) is 23.7 Å². The molecule has 1 fully saturated rings. The van der Waals surface area contributed by atoms with Crippen molar-refractivity contribution in [2.24, 2.45) is 5.92 Å². The first kappa shape index (κ1) is 30.6. The van der Waals surface area contributed by atoms with E-state index in [4.69, 9.17) is 25.0 Å². The Bertz CT molecular complexity index is 1430. The summed E-state index contributed by atoms with van der Waals surface area (Å²) in [5.41, 5.74) is 4.84. The smallest absolute Gasteiger partial charge is 0.489 e. The Morgan fingerprint density at radius 1 is 1.12 bits per heavy atom. The number of carboxylic acid groups (broad SMARTS) is 2. The average Bonchev–Trinajstić information content (AvgIpc) is 3.30. The number of anilines is 1. The fourth-order valence-corrected chi connectivity index (χ4v) is 4.22. The molecule has 3 aromatic rings. The molecule has 3 amide bonds. The predicted molar refractivity (Wildman–Crippen MR) is 136 cm³/mol. The number of nitrogens with one attached hydrogen (secondary N) is 2. The Kier molecular flexibility index (Phi) is 9.67. The number of nitrogens with zero attached hydrogens (tertiary/aromatic N) is 2. The second-order valence-corrected chi connectivity index (χ2v) is 8.81. The van der Waals surface area contributed by atoms with Gasteiger partial charge in [-0.3, -0.25) is 19.8 Å². The highest BCUT2D eigenvalue weighted by Gasteiger charge is 2.42. The van der Waals surface area contributed by atoms with Crippen LogP contribution in [-0.4, -0.2) is 63.0 Å². The number of pyridine rings is 1. The van der Waals surface area contributed by atoms with E-state index in [0.717, 1.165) is 22.2 Å². The van der Waals surface area contributed by atoms with Crippen molar-refractivity contribution in [3.8, 4) is 5.75 Å². The topological polar surface area (TPSA) is 178 Å². The van der Waals surface area contributed by atoms with Crippen LogP contribution in [0, 0.1) is 12.8 Å². The van der Waals surface area contributed by atoms with Crippen LogP contribution in [0.3, 0.4) is 0 Å². The summed E-state index contributed by atoms with van der Waals surface area (Å²) in [6.07, 6.45) is -6.29. The van der Waals surface area contributed by atoms with E-state index >= 15 is 0 Å². The van der Waals surface area contributed by atoms with Gasteiger partial charge >= 0.3 is 18.2 Å². The van der Waals surface area contributed by atoms with Crippen LogP contribution in [0.25, 0.3) is 10.9 Å². The standard InChI is InChI=1S/C24H24N4O6.C2HF3O2/c1-14-12-15(18-4-2-3-5-20(18)25-14)13-34-17-8-6-16(7-9-17)28-11-10-19(23(28)30)21(22(29)27-33)26-24(31)32;3-2(4,5)1(6)7/h2-9,12,19,21,26,33H,10-11,13H2,1H3,(H,27,29)(H,31,32);(H,6,7)/t19-,21+;/m1./s1. The molecule has 218 valence electrons. The molecule has 5 N–H and O–H groups in total. The molecule has 2 heterocycles. The monoisotopic (exact) mass is 578 g/mol. The normalized spacial score (nSPS) is 15.5. The first-order chi connectivity index (χ1) is 19.3. The van der Waals surface area contributed by atoms with Crippen LogP contribution in [-0.2, 0) is 21.0 Å². The highest BCUT2D eigenvalue weighted by Crippen LogP contribution is 2.29. The summed E-state index contributed by atoms with van der Waals surface area (Å²) >= 11 is 0. The van der Waals surface area contributed by atoms with Crippen LogP contribution >= 0.6 is 0 Å². The number of carbonyl (C=O) groups is 4. The molecule has 12 nitrogen and oxygen atoms in total. The second-order valence-electron chi connectivity index (χ2n) is 8.81. The molecule has 0 unspecified atom stereocenters. The summed E-state index contributed by atoms with van der Waals surface area (Å²) in [5.74, 6) is -4.45. The molecule has 0 aliphatic carbocycles. The van der Waals surface area contributed by atoms with Crippen LogP contribution in [0.1, 0.15) is 17.7 Å². The molecule has 1 aliphatic rings.